The number of nitrogens with one attached hydrogen (secondary N) is 2. The third kappa shape index (κ3) is 7.60. The highest BCUT2D eigenvalue weighted by molar-refractivity contribution is 7.97. The average Bonchev–Trinajstić information content (AvgIpc) is 2.84. The van der Waals surface area contributed by atoms with E-state index in [2.05, 4.69) is 5.32 Å². The highest BCUT2D eigenvalue weighted by atomic mass is 32.2. The van der Waals surface area contributed by atoms with Crippen LogP contribution in [0.5, 0.6) is 5.75 Å². The van der Waals surface area contributed by atoms with Gasteiger partial charge in [0.15, 0.2) is 0 Å². The number of benzene rings is 2. The van der Waals surface area contributed by atoms with Gasteiger partial charge in [-0.3, -0.25) is 14.8 Å². The molecule has 1 aliphatic heterocycles. The Morgan fingerprint density at radius 2 is 1.78 bits per heavy atom. The smallest absolute Gasteiger partial charge is 0.416 e. The first-order chi connectivity index (χ1) is 17.1. The van der Waals surface area contributed by atoms with E-state index in [1.807, 2.05) is 23.3 Å². The van der Waals surface area contributed by atoms with Crippen molar-refractivity contribution in [2.24, 2.45) is 0 Å². The van der Waals surface area contributed by atoms with Crippen LogP contribution in [0.1, 0.15) is 39.1 Å². The molecule has 1 fully saturated rings. The number of alkyl halides is 3. The van der Waals surface area contributed by atoms with Gasteiger partial charge in [-0.2, -0.15) is 13.2 Å². The van der Waals surface area contributed by atoms with Crippen LogP contribution in [-0.2, 0) is 6.18 Å². The van der Waals surface area contributed by atoms with Crippen molar-refractivity contribution < 1.29 is 32.7 Å². The molecule has 0 atom stereocenters. The fourth-order valence-electron chi connectivity index (χ4n) is 3.67. The monoisotopic (exact) mass is 526 g/mol. The first kappa shape index (κ1) is 27.8. The van der Waals surface area contributed by atoms with Gasteiger partial charge < -0.3 is 15.0 Å². The van der Waals surface area contributed by atoms with E-state index in [-0.39, 0.29) is 17.2 Å². The summed E-state index contributed by atoms with van der Waals surface area (Å²) < 4.78 is 46.1. The SMILES string of the molecule is CN(C)CCNC(=O)c1cccc(SN2CCC(Oc3ccc(C(F)(F)F)cc3)CC2)c1C(=O)NO. The van der Waals surface area contributed by atoms with Crippen LogP contribution < -0.4 is 15.5 Å². The van der Waals surface area contributed by atoms with E-state index in [4.69, 9.17) is 4.74 Å². The standard InChI is InChI=1S/C24H29F3N4O4S/c1-30(2)15-12-28-22(32)19-4-3-5-20(21(19)23(33)29-34)36-31-13-10-18(11-14-31)35-17-8-6-16(7-9-17)24(25,26)27/h3-9,18,34H,10-15H2,1-2H3,(H,28,32)(H,29,33). The summed E-state index contributed by atoms with van der Waals surface area (Å²) in [6, 6.07) is 9.55. The summed E-state index contributed by atoms with van der Waals surface area (Å²) >= 11 is 1.30. The molecule has 2 aromatic carbocycles. The van der Waals surface area contributed by atoms with Gasteiger partial charge in [-0.1, -0.05) is 6.07 Å². The number of amides is 2. The maximum atomic E-state index is 12.7. The maximum Gasteiger partial charge on any atom is 0.416 e. The predicted molar refractivity (Wildman–Crippen MR) is 129 cm³/mol. The molecule has 0 aliphatic carbocycles. The van der Waals surface area contributed by atoms with Gasteiger partial charge in [0.2, 0.25) is 0 Å². The van der Waals surface area contributed by atoms with Gasteiger partial charge in [0, 0.05) is 31.1 Å². The Morgan fingerprint density at radius 3 is 2.36 bits per heavy atom. The minimum atomic E-state index is -4.39. The van der Waals surface area contributed by atoms with Crippen molar-refractivity contribution in [2.45, 2.75) is 30.0 Å². The summed E-state index contributed by atoms with van der Waals surface area (Å²) in [7, 11) is 3.76. The number of piperidine rings is 1. The highest BCUT2D eigenvalue weighted by Crippen LogP contribution is 2.33. The van der Waals surface area contributed by atoms with Crippen LogP contribution in [0.15, 0.2) is 47.4 Å². The van der Waals surface area contributed by atoms with E-state index >= 15 is 0 Å². The van der Waals surface area contributed by atoms with Gasteiger partial charge in [0.25, 0.3) is 11.8 Å². The van der Waals surface area contributed by atoms with Crippen LogP contribution in [0.2, 0.25) is 0 Å². The van der Waals surface area contributed by atoms with Crippen LogP contribution in [0.4, 0.5) is 13.2 Å². The fraction of sp³-hybridized carbons (Fsp3) is 0.417. The Bertz CT molecular complexity index is 1040. The van der Waals surface area contributed by atoms with Crippen LogP contribution >= 0.6 is 11.9 Å². The number of hydrogen-bond acceptors (Lipinski definition) is 7. The van der Waals surface area contributed by atoms with Crippen LogP contribution in [-0.4, -0.2) is 72.6 Å². The lowest BCUT2D eigenvalue weighted by atomic mass is 10.1. The molecule has 36 heavy (non-hydrogen) atoms. The summed E-state index contributed by atoms with van der Waals surface area (Å²) in [5.74, 6) is -0.818. The molecule has 2 aromatic rings. The van der Waals surface area contributed by atoms with Gasteiger partial charge >= 0.3 is 6.18 Å². The first-order valence-corrected chi connectivity index (χ1v) is 12.1. The van der Waals surface area contributed by atoms with Gasteiger partial charge in [-0.25, -0.2) is 9.79 Å². The highest BCUT2D eigenvalue weighted by Gasteiger charge is 2.30. The molecule has 3 N–H and O–H groups in total. The molecular weight excluding hydrogens is 497 g/mol. The lowest BCUT2D eigenvalue weighted by Gasteiger charge is -2.31. The van der Waals surface area contributed by atoms with Gasteiger partial charge in [-0.15, -0.1) is 0 Å². The molecule has 1 aliphatic rings. The molecular formula is C24H29F3N4O4S. The van der Waals surface area contributed by atoms with E-state index in [0.29, 0.717) is 49.7 Å². The molecule has 8 nitrogen and oxygen atoms in total. The summed E-state index contributed by atoms with van der Waals surface area (Å²) in [5.41, 5.74) is 1.14. The zero-order valence-electron chi connectivity index (χ0n) is 20.0. The van der Waals surface area contributed by atoms with E-state index < -0.39 is 23.6 Å². The lowest BCUT2D eigenvalue weighted by molar-refractivity contribution is -0.137. The Kier molecular flexibility index (Phi) is 9.60. The number of likely N-dealkylation sites (N-methyl/N-ethyl adjacent to an activating group) is 1. The zero-order valence-corrected chi connectivity index (χ0v) is 20.8. The Balaban J connectivity index is 1.62. The Hall–Kier alpha value is -2.80. The lowest BCUT2D eigenvalue weighted by Crippen LogP contribution is -2.35. The molecule has 0 unspecified atom stereocenters. The van der Waals surface area contributed by atoms with Crippen LogP contribution in [0.25, 0.3) is 0 Å². The Morgan fingerprint density at radius 1 is 1.11 bits per heavy atom. The summed E-state index contributed by atoms with van der Waals surface area (Å²) in [6.07, 6.45) is -3.30. The summed E-state index contributed by atoms with van der Waals surface area (Å²) in [6.45, 7) is 2.21. The van der Waals surface area contributed by atoms with Crippen molar-refractivity contribution >= 4 is 23.8 Å². The maximum absolute atomic E-state index is 12.7. The largest absolute Gasteiger partial charge is 0.490 e. The van der Waals surface area contributed by atoms with Crippen LogP contribution in [0, 0.1) is 0 Å². The van der Waals surface area contributed by atoms with Crippen molar-refractivity contribution in [1.29, 1.82) is 0 Å². The third-order valence-electron chi connectivity index (χ3n) is 5.56. The number of ether oxygens (including phenoxy) is 1. The number of rotatable bonds is 9. The fourth-order valence-corrected chi connectivity index (χ4v) is 4.77. The molecule has 1 heterocycles. The summed E-state index contributed by atoms with van der Waals surface area (Å²) in [4.78, 5) is 27.6. The molecule has 1 saturated heterocycles. The van der Waals surface area contributed by atoms with E-state index in [1.54, 1.807) is 17.6 Å². The van der Waals surface area contributed by atoms with E-state index in [0.717, 1.165) is 12.1 Å². The minimum Gasteiger partial charge on any atom is -0.490 e. The number of hydroxylamine groups is 1. The topological polar surface area (TPSA) is 94.1 Å². The first-order valence-electron chi connectivity index (χ1n) is 11.4. The molecule has 0 saturated carbocycles. The van der Waals surface area contributed by atoms with E-state index in [9.17, 15) is 28.0 Å². The molecule has 3 rings (SSSR count). The quantitative estimate of drug-likeness (QED) is 0.261. The Labute approximate surface area is 211 Å². The molecule has 196 valence electrons. The van der Waals surface area contributed by atoms with Crippen LogP contribution in [0.3, 0.4) is 0 Å². The second-order valence-corrected chi connectivity index (χ2v) is 9.68. The van der Waals surface area contributed by atoms with Crippen molar-refractivity contribution in [3.63, 3.8) is 0 Å². The molecule has 0 bridgehead atoms. The summed E-state index contributed by atoms with van der Waals surface area (Å²) in [5, 5.41) is 12.0. The number of carbonyl (C=O) groups is 2. The average molecular weight is 527 g/mol. The van der Waals surface area contributed by atoms with Gasteiger partial charge in [0.05, 0.1) is 16.7 Å². The van der Waals surface area contributed by atoms with E-state index in [1.165, 1.54) is 30.1 Å². The normalized spacial score (nSPS) is 15.1. The second kappa shape index (κ2) is 12.4. The number of carbonyl (C=O) groups excluding carboxylic acids is 2. The molecule has 0 radical (unpaired) electrons. The number of nitrogens with zero attached hydrogens (tertiary/aromatic N) is 2. The minimum absolute atomic E-state index is 0.0791. The van der Waals surface area contributed by atoms with Crippen molar-refractivity contribution in [3.8, 4) is 5.75 Å². The molecule has 0 aromatic heterocycles. The molecule has 12 heteroatoms. The third-order valence-corrected chi connectivity index (χ3v) is 6.72. The predicted octanol–water partition coefficient (Wildman–Crippen LogP) is 3.67. The van der Waals surface area contributed by atoms with Crippen molar-refractivity contribution in [2.75, 3.05) is 40.3 Å². The molecule has 0 spiro atoms. The second-order valence-electron chi connectivity index (χ2n) is 8.54. The van der Waals surface area contributed by atoms with Crippen molar-refractivity contribution in [3.05, 3.63) is 59.2 Å². The van der Waals surface area contributed by atoms with Crippen molar-refractivity contribution in [1.82, 2.24) is 20.0 Å². The van der Waals surface area contributed by atoms with Gasteiger partial charge in [-0.05, 0) is 75.3 Å². The molecule has 2 amide bonds. The number of hydrogen-bond donors (Lipinski definition) is 3. The number of halogens is 3. The zero-order chi connectivity index (χ0) is 26.3. The van der Waals surface area contributed by atoms with Gasteiger partial charge in [0.1, 0.15) is 11.9 Å².